The monoisotopic (exact) mass is 187 g/mol. The molecule has 2 rings (SSSR count). The molecule has 2 heteroatoms. The van der Waals surface area contributed by atoms with Crippen LogP contribution in [-0.4, -0.2) is 4.98 Å². The van der Waals surface area contributed by atoms with Crippen molar-refractivity contribution in [3.8, 4) is 0 Å². The molecule has 0 aliphatic heterocycles. The molecule has 0 unspecified atom stereocenters. The molecule has 0 saturated heterocycles. The third-order valence-corrected chi connectivity index (χ3v) is 2.57. The normalized spacial score (nSPS) is 10.7. The van der Waals surface area contributed by atoms with Crippen molar-refractivity contribution in [2.45, 2.75) is 20.3 Å². The first-order valence-corrected chi connectivity index (χ1v) is 4.84. The highest BCUT2D eigenvalue weighted by atomic mass is 16.1. The number of aromatic amines is 1. The highest BCUT2D eigenvalue weighted by molar-refractivity contribution is 5.84. The van der Waals surface area contributed by atoms with Crippen molar-refractivity contribution in [3.63, 3.8) is 0 Å². The average Bonchev–Trinajstić information content (AvgIpc) is 2.19. The summed E-state index contributed by atoms with van der Waals surface area (Å²) in [6.45, 7) is 4.13. The Bertz CT molecular complexity index is 525. The molecule has 2 nitrogen and oxygen atoms in total. The van der Waals surface area contributed by atoms with Crippen LogP contribution in [0.5, 0.6) is 0 Å². The Morgan fingerprint density at radius 1 is 1.21 bits per heavy atom. The Balaban J connectivity index is 2.91. The zero-order chi connectivity index (χ0) is 10.1. The summed E-state index contributed by atoms with van der Waals surface area (Å²) in [6.07, 6.45) is 0.989. The molecule has 0 atom stereocenters. The number of pyridine rings is 1. The van der Waals surface area contributed by atoms with Crippen LogP contribution in [-0.2, 0) is 6.42 Å². The van der Waals surface area contributed by atoms with Crippen LogP contribution in [0.2, 0.25) is 0 Å². The average molecular weight is 187 g/mol. The lowest BCUT2D eigenvalue weighted by atomic mass is 10.0. The van der Waals surface area contributed by atoms with Crippen LogP contribution in [0.1, 0.15) is 18.1 Å². The molecule has 0 aliphatic rings. The van der Waals surface area contributed by atoms with E-state index in [1.807, 2.05) is 13.0 Å². The molecule has 0 bridgehead atoms. The molecular weight excluding hydrogens is 174 g/mol. The molecule has 1 N–H and O–H groups in total. The van der Waals surface area contributed by atoms with Crippen molar-refractivity contribution >= 4 is 10.9 Å². The minimum Gasteiger partial charge on any atom is -0.322 e. The maximum absolute atomic E-state index is 11.2. The zero-order valence-corrected chi connectivity index (χ0v) is 8.42. The number of H-pyrrole nitrogens is 1. The molecule has 1 heterocycles. The molecule has 0 aliphatic carbocycles. The summed E-state index contributed by atoms with van der Waals surface area (Å²) in [7, 11) is 0. The minimum atomic E-state index is -0.0335. The van der Waals surface area contributed by atoms with Crippen LogP contribution < -0.4 is 5.56 Å². The molecule has 0 amide bonds. The first-order valence-electron chi connectivity index (χ1n) is 4.84. The molecule has 1 aromatic carbocycles. The van der Waals surface area contributed by atoms with Gasteiger partial charge in [-0.05, 0) is 30.5 Å². The van der Waals surface area contributed by atoms with Crippen molar-refractivity contribution in [2.24, 2.45) is 0 Å². The minimum absolute atomic E-state index is 0.0335. The largest absolute Gasteiger partial charge is 0.322 e. The second-order valence-corrected chi connectivity index (χ2v) is 3.51. The first-order chi connectivity index (χ1) is 6.72. The summed E-state index contributed by atoms with van der Waals surface area (Å²) < 4.78 is 0. The van der Waals surface area contributed by atoms with Gasteiger partial charge in [-0.2, -0.15) is 0 Å². The number of hydrogen-bond donors (Lipinski definition) is 1. The van der Waals surface area contributed by atoms with E-state index < -0.39 is 0 Å². The van der Waals surface area contributed by atoms with E-state index in [4.69, 9.17) is 0 Å². The van der Waals surface area contributed by atoms with Gasteiger partial charge in [0.2, 0.25) is 5.56 Å². The van der Waals surface area contributed by atoms with Crippen LogP contribution in [0.25, 0.3) is 10.9 Å². The van der Waals surface area contributed by atoms with Gasteiger partial charge in [0.25, 0.3) is 0 Å². The SMILES string of the molecule is CCc1ccc(C)c2[nH]c(=O)ccc12. The highest BCUT2D eigenvalue weighted by Crippen LogP contribution is 2.19. The van der Waals surface area contributed by atoms with Crippen LogP contribution in [0, 0.1) is 6.92 Å². The second-order valence-electron chi connectivity index (χ2n) is 3.51. The van der Waals surface area contributed by atoms with Crippen LogP contribution in [0.3, 0.4) is 0 Å². The lowest BCUT2D eigenvalue weighted by Crippen LogP contribution is -2.04. The molecule has 0 saturated carbocycles. The van der Waals surface area contributed by atoms with Gasteiger partial charge >= 0.3 is 0 Å². The fraction of sp³-hybridized carbons (Fsp3) is 0.250. The van der Waals surface area contributed by atoms with Crippen LogP contribution >= 0.6 is 0 Å². The number of benzene rings is 1. The second kappa shape index (κ2) is 3.29. The van der Waals surface area contributed by atoms with Crippen molar-refractivity contribution in [3.05, 3.63) is 45.7 Å². The maximum Gasteiger partial charge on any atom is 0.248 e. The smallest absolute Gasteiger partial charge is 0.248 e. The number of nitrogens with one attached hydrogen (secondary N) is 1. The Hall–Kier alpha value is -1.57. The summed E-state index contributed by atoms with van der Waals surface area (Å²) in [5.41, 5.74) is 3.34. The molecule has 0 spiro atoms. The summed E-state index contributed by atoms with van der Waals surface area (Å²) in [4.78, 5) is 14.1. The summed E-state index contributed by atoms with van der Waals surface area (Å²) in [5.74, 6) is 0. The molecule has 0 radical (unpaired) electrons. The standard InChI is InChI=1S/C12H13NO/c1-3-9-5-4-8(2)12-10(9)6-7-11(14)13-12/h4-7H,3H2,1-2H3,(H,13,14). The summed E-state index contributed by atoms with van der Waals surface area (Å²) in [5, 5.41) is 1.16. The van der Waals surface area contributed by atoms with Crippen molar-refractivity contribution in [1.82, 2.24) is 4.98 Å². The van der Waals surface area contributed by atoms with E-state index >= 15 is 0 Å². The van der Waals surface area contributed by atoms with E-state index in [0.717, 1.165) is 22.9 Å². The van der Waals surface area contributed by atoms with E-state index in [9.17, 15) is 4.79 Å². The molecule has 72 valence electrons. The van der Waals surface area contributed by atoms with Gasteiger partial charge in [-0.3, -0.25) is 4.79 Å². The topological polar surface area (TPSA) is 32.9 Å². The van der Waals surface area contributed by atoms with Gasteiger partial charge in [-0.15, -0.1) is 0 Å². The number of rotatable bonds is 1. The Morgan fingerprint density at radius 3 is 2.71 bits per heavy atom. The predicted molar refractivity (Wildman–Crippen MR) is 58.7 cm³/mol. The fourth-order valence-electron chi connectivity index (χ4n) is 1.76. The molecule has 14 heavy (non-hydrogen) atoms. The lowest BCUT2D eigenvalue weighted by molar-refractivity contribution is 1.15. The molecule has 2 aromatic rings. The predicted octanol–water partition coefficient (Wildman–Crippen LogP) is 2.40. The fourth-order valence-corrected chi connectivity index (χ4v) is 1.76. The molecule has 0 fully saturated rings. The molecule has 1 aromatic heterocycles. The van der Waals surface area contributed by atoms with Gasteiger partial charge in [-0.1, -0.05) is 19.1 Å². The Kier molecular flexibility index (Phi) is 2.12. The van der Waals surface area contributed by atoms with Crippen LogP contribution in [0.15, 0.2) is 29.1 Å². The third kappa shape index (κ3) is 1.33. The number of fused-ring (bicyclic) bond motifs is 1. The van der Waals surface area contributed by atoms with Crippen molar-refractivity contribution in [1.29, 1.82) is 0 Å². The third-order valence-electron chi connectivity index (χ3n) is 2.57. The number of aryl methyl sites for hydroxylation is 2. The number of hydrogen-bond acceptors (Lipinski definition) is 1. The van der Waals surface area contributed by atoms with Crippen molar-refractivity contribution < 1.29 is 0 Å². The van der Waals surface area contributed by atoms with Gasteiger partial charge in [0.15, 0.2) is 0 Å². The maximum atomic E-state index is 11.2. The first kappa shape index (κ1) is 9.00. The highest BCUT2D eigenvalue weighted by Gasteiger charge is 2.02. The van der Waals surface area contributed by atoms with Gasteiger partial charge in [-0.25, -0.2) is 0 Å². The van der Waals surface area contributed by atoms with Gasteiger partial charge in [0.05, 0.1) is 5.52 Å². The lowest BCUT2D eigenvalue weighted by Gasteiger charge is -2.06. The van der Waals surface area contributed by atoms with E-state index in [0.29, 0.717) is 0 Å². The van der Waals surface area contributed by atoms with E-state index in [2.05, 4.69) is 24.0 Å². The van der Waals surface area contributed by atoms with Crippen molar-refractivity contribution in [2.75, 3.05) is 0 Å². The van der Waals surface area contributed by atoms with Gasteiger partial charge in [0, 0.05) is 11.5 Å². The molecular formula is C12H13NO. The van der Waals surface area contributed by atoms with Crippen LogP contribution in [0.4, 0.5) is 0 Å². The van der Waals surface area contributed by atoms with E-state index in [-0.39, 0.29) is 5.56 Å². The van der Waals surface area contributed by atoms with Gasteiger partial charge < -0.3 is 4.98 Å². The zero-order valence-electron chi connectivity index (χ0n) is 8.42. The van der Waals surface area contributed by atoms with E-state index in [1.165, 1.54) is 5.56 Å². The van der Waals surface area contributed by atoms with E-state index in [1.54, 1.807) is 6.07 Å². The van der Waals surface area contributed by atoms with Gasteiger partial charge in [0.1, 0.15) is 0 Å². The quantitative estimate of drug-likeness (QED) is 0.730. The Morgan fingerprint density at radius 2 is 2.00 bits per heavy atom. The number of aromatic nitrogens is 1. The Labute approximate surface area is 82.6 Å². The summed E-state index contributed by atoms with van der Waals surface area (Å²) in [6, 6.07) is 7.66. The summed E-state index contributed by atoms with van der Waals surface area (Å²) >= 11 is 0.